The summed E-state index contributed by atoms with van der Waals surface area (Å²) in [5, 5.41) is 4.85. The average Bonchev–Trinajstić information content (AvgIpc) is 3.06. The van der Waals surface area contributed by atoms with E-state index in [-0.39, 0.29) is 12.5 Å². The van der Waals surface area contributed by atoms with E-state index >= 15 is 0 Å². The first kappa shape index (κ1) is 18.9. The smallest absolute Gasteiger partial charge is 0.255 e. The number of carbonyl (C=O) groups excluding carboxylic acids is 2. The lowest BCUT2D eigenvalue weighted by Crippen LogP contribution is -2.20. The molecule has 0 aliphatic carbocycles. The number of nitrogens with zero attached hydrogens (tertiary/aromatic N) is 1. The number of primary amides is 1. The number of hydrogen-bond acceptors (Lipinski definition) is 6. The van der Waals surface area contributed by atoms with Gasteiger partial charge in [-0.15, -0.1) is 11.3 Å². The second-order valence-corrected chi connectivity index (χ2v) is 7.80. The molecule has 0 unspecified atom stereocenters. The third kappa shape index (κ3) is 5.57. The molecule has 138 valence electrons. The first-order valence-corrected chi connectivity index (χ1v) is 9.72. The van der Waals surface area contributed by atoms with Crippen LogP contribution in [-0.2, 0) is 4.79 Å². The summed E-state index contributed by atoms with van der Waals surface area (Å²) in [4.78, 5) is 28.7. The van der Waals surface area contributed by atoms with Crippen LogP contribution in [0, 0.1) is 6.92 Å². The topological polar surface area (TPSA) is 94.3 Å². The fraction of sp³-hybridized carbons (Fsp3) is 0.105. The second kappa shape index (κ2) is 8.70. The number of ether oxygens (including phenoxy) is 1. The van der Waals surface area contributed by atoms with Crippen molar-refractivity contribution in [2.45, 2.75) is 16.2 Å². The number of amides is 2. The van der Waals surface area contributed by atoms with Gasteiger partial charge in [0.15, 0.2) is 10.9 Å². The third-order valence-electron chi connectivity index (χ3n) is 3.39. The number of anilines is 1. The number of aromatic nitrogens is 1. The summed E-state index contributed by atoms with van der Waals surface area (Å²) in [6.07, 6.45) is 0. The van der Waals surface area contributed by atoms with Crippen molar-refractivity contribution in [1.82, 2.24) is 4.98 Å². The Morgan fingerprint density at radius 3 is 2.67 bits per heavy atom. The van der Waals surface area contributed by atoms with Crippen LogP contribution in [0.15, 0.2) is 63.1 Å². The zero-order valence-corrected chi connectivity index (χ0v) is 16.1. The van der Waals surface area contributed by atoms with Crippen molar-refractivity contribution in [2.24, 2.45) is 5.73 Å². The molecule has 3 aromatic rings. The number of benzene rings is 2. The SMILES string of the molecule is Cc1csc(Sc2ccc(NC(=O)c3cccc(OCC(N)=O)c3)cc2)n1. The molecule has 1 heterocycles. The number of nitrogens with two attached hydrogens (primary N) is 1. The Labute approximate surface area is 164 Å². The summed E-state index contributed by atoms with van der Waals surface area (Å²) in [5.41, 5.74) is 7.17. The highest BCUT2D eigenvalue weighted by atomic mass is 32.2. The van der Waals surface area contributed by atoms with E-state index in [4.69, 9.17) is 10.5 Å². The van der Waals surface area contributed by atoms with Crippen molar-refractivity contribution in [3.05, 3.63) is 65.2 Å². The predicted molar refractivity (Wildman–Crippen MR) is 107 cm³/mol. The number of hydrogen-bond donors (Lipinski definition) is 2. The van der Waals surface area contributed by atoms with Gasteiger partial charge >= 0.3 is 0 Å². The fourth-order valence-electron chi connectivity index (χ4n) is 2.17. The standard InChI is InChI=1S/C19H17N3O3S2/c1-12-11-26-19(21-12)27-16-7-5-14(6-8-16)22-18(24)13-3-2-4-15(9-13)25-10-17(20)23/h2-9,11H,10H2,1H3,(H2,20,23)(H,22,24). The minimum Gasteiger partial charge on any atom is -0.484 e. The normalized spacial score (nSPS) is 10.4. The summed E-state index contributed by atoms with van der Waals surface area (Å²) < 4.78 is 6.20. The Bertz CT molecular complexity index is 955. The first-order chi connectivity index (χ1) is 13.0. The fourth-order valence-corrected chi connectivity index (χ4v) is 3.98. The van der Waals surface area contributed by atoms with E-state index in [1.807, 2.05) is 36.6 Å². The third-order valence-corrected chi connectivity index (χ3v) is 5.46. The van der Waals surface area contributed by atoms with Gasteiger partial charge < -0.3 is 15.8 Å². The molecule has 2 aromatic carbocycles. The van der Waals surface area contributed by atoms with Gasteiger partial charge in [-0.3, -0.25) is 9.59 Å². The Kier molecular flexibility index (Phi) is 6.10. The monoisotopic (exact) mass is 399 g/mol. The summed E-state index contributed by atoms with van der Waals surface area (Å²) in [7, 11) is 0. The van der Waals surface area contributed by atoms with Gasteiger partial charge in [0.2, 0.25) is 0 Å². The maximum Gasteiger partial charge on any atom is 0.255 e. The van der Waals surface area contributed by atoms with Crippen LogP contribution in [0.5, 0.6) is 5.75 Å². The number of rotatable bonds is 7. The molecule has 0 atom stereocenters. The van der Waals surface area contributed by atoms with Crippen LogP contribution in [0.2, 0.25) is 0 Å². The summed E-state index contributed by atoms with van der Waals surface area (Å²) in [6, 6.07) is 14.1. The van der Waals surface area contributed by atoms with Gasteiger partial charge in [0.1, 0.15) is 5.75 Å². The van der Waals surface area contributed by atoms with Crippen LogP contribution in [0.25, 0.3) is 0 Å². The first-order valence-electron chi connectivity index (χ1n) is 8.02. The largest absolute Gasteiger partial charge is 0.484 e. The van der Waals surface area contributed by atoms with E-state index < -0.39 is 5.91 Å². The molecule has 0 aliphatic heterocycles. The molecule has 2 amide bonds. The number of thiazole rings is 1. The van der Waals surface area contributed by atoms with E-state index in [9.17, 15) is 9.59 Å². The maximum atomic E-state index is 12.4. The predicted octanol–water partition coefficient (Wildman–Crippen LogP) is 3.72. The van der Waals surface area contributed by atoms with E-state index in [2.05, 4.69) is 10.3 Å². The second-order valence-electron chi connectivity index (χ2n) is 5.62. The Morgan fingerprint density at radius 1 is 1.22 bits per heavy atom. The molecule has 8 heteroatoms. The average molecular weight is 399 g/mol. The molecule has 0 bridgehead atoms. The van der Waals surface area contributed by atoms with Gasteiger partial charge in [0, 0.05) is 27.2 Å². The van der Waals surface area contributed by atoms with E-state index in [0.29, 0.717) is 17.0 Å². The van der Waals surface area contributed by atoms with Gasteiger partial charge in [-0.1, -0.05) is 17.8 Å². The summed E-state index contributed by atoms with van der Waals surface area (Å²) in [6.45, 7) is 1.73. The van der Waals surface area contributed by atoms with Crippen LogP contribution >= 0.6 is 23.1 Å². The Balaban J connectivity index is 1.62. The van der Waals surface area contributed by atoms with Gasteiger partial charge in [-0.05, 0) is 49.4 Å². The zero-order valence-electron chi connectivity index (χ0n) is 14.5. The Morgan fingerprint density at radius 2 is 2.00 bits per heavy atom. The van der Waals surface area contributed by atoms with Crippen LogP contribution in [0.4, 0.5) is 5.69 Å². The lowest BCUT2D eigenvalue weighted by molar-refractivity contribution is -0.119. The molecule has 0 saturated heterocycles. The highest BCUT2D eigenvalue weighted by molar-refractivity contribution is 8.01. The van der Waals surface area contributed by atoms with Gasteiger partial charge in [-0.2, -0.15) is 0 Å². The molecule has 0 radical (unpaired) electrons. The van der Waals surface area contributed by atoms with Crippen molar-refractivity contribution in [1.29, 1.82) is 0 Å². The molecule has 0 aliphatic rings. The number of nitrogens with one attached hydrogen (secondary N) is 1. The molecule has 3 rings (SSSR count). The molecule has 0 spiro atoms. The molecule has 1 aromatic heterocycles. The molecule has 3 N–H and O–H groups in total. The van der Waals surface area contributed by atoms with E-state index in [1.54, 1.807) is 47.4 Å². The minimum atomic E-state index is -0.573. The van der Waals surface area contributed by atoms with Gasteiger partial charge in [0.25, 0.3) is 11.8 Å². The van der Waals surface area contributed by atoms with Crippen LogP contribution < -0.4 is 15.8 Å². The zero-order chi connectivity index (χ0) is 19.2. The van der Waals surface area contributed by atoms with Gasteiger partial charge in [0.05, 0.1) is 0 Å². The number of carbonyl (C=O) groups is 2. The summed E-state index contributed by atoms with van der Waals surface area (Å²) in [5.74, 6) is -0.432. The van der Waals surface area contributed by atoms with Crippen LogP contribution in [-0.4, -0.2) is 23.4 Å². The highest BCUT2D eigenvalue weighted by Gasteiger charge is 2.09. The molecule has 0 fully saturated rings. The number of aryl methyl sites for hydroxylation is 1. The van der Waals surface area contributed by atoms with Crippen molar-refractivity contribution >= 4 is 40.6 Å². The van der Waals surface area contributed by atoms with Crippen molar-refractivity contribution in [3.8, 4) is 5.75 Å². The van der Waals surface area contributed by atoms with E-state index in [0.717, 1.165) is 14.9 Å². The minimum absolute atomic E-state index is 0.233. The molecular weight excluding hydrogens is 382 g/mol. The molecule has 0 saturated carbocycles. The molecule has 27 heavy (non-hydrogen) atoms. The quantitative estimate of drug-likeness (QED) is 0.631. The van der Waals surface area contributed by atoms with Crippen LogP contribution in [0.1, 0.15) is 16.1 Å². The maximum absolute atomic E-state index is 12.4. The highest BCUT2D eigenvalue weighted by Crippen LogP contribution is 2.30. The van der Waals surface area contributed by atoms with Crippen molar-refractivity contribution in [3.63, 3.8) is 0 Å². The Hall–Kier alpha value is -2.84. The molecular formula is C19H17N3O3S2. The lowest BCUT2D eigenvalue weighted by Gasteiger charge is -2.08. The summed E-state index contributed by atoms with van der Waals surface area (Å²) >= 11 is 3.19. The van der Waals surface area contributed by atoms with Crippen LogP contribution in [0.3, 0.4) is 0 Å². The molecule has 6 nitrogen and oxygen atoms in total. The van der Waals surface area contributed by atoms with Gasteiger partial charge in [-0.25, -0.2) is 4.98 Å². The van der Waals surface area contributed by atoms with Crippen molar-refractivity contribution in [2.75, 3.05) is 11.9 Å². The van der Waals surface area contributed by atoms with Crippen molar-refractivity contribution < 1.29 is 14.3 Å². The lowest BCUT2D eigenvalue weighted by atomic mass is 10.2. The van der Waals surface area contributed by atoms with E-state index in [1.165, 1.54) is 0 Å².